The van der Waals surface area contributed by atoms with Gasteiger partial charge in [0.2, 0.25) is 15.9 Å². The summed E-state index contributed by atoms with van der Waals surface area (Å²) in [5, 5.41) is 0. The Morgan fingerprint density at radius 1 is 1.12 bits per heavy atom. The summed E-state index contributed by atoms with van der Waals surface area (Å²) in [6.07, 6.45) is 3.67. The Kier molecular flexibility index (Phi) is 4.72. The summed E-state index contributed by atoms with van der Waals surface area (Å²) in [5.41, 5.74) is 0. The van der Waals surface area contributed by atoms with Gasteiger partial charge < -0.3 is 4.74 Å². The highest BCUT2D eigenvalue weighted by atomic mass is 32.2. The number of rotatable bonds is 4. The van der Waals surface area contributed by atoms with E-state index in [2.05, 4.69) is 9.97 Å². The minimum atomic E-state index is -3.93. The van der Waals surface area contributed by atoms with E-state index in [4.69, 9.17) is 4.74 Å². The first-order valence-corrected chi connectivity index (χ1v) is 8.78. The van der Waals surface area contributed by atoms with Crippen LogP contribution in [0.1, 0.15) is 12.8 Å². The first-order valence-electron chi connectivity index (χ1n) is 7.34. The van der Waals surface area contributed by atoms with Gasteiger partial charge in [0.15, 0.2) is 0 Å². The first kappa shape index (κ1) is 16.7. The van der Waals surface area contributed by atoms with E-state index in [1.165, 1.54) is 10.6 Å². The molecule has 6 nitrogen and oxygen atoms in total. The van der Waals surface area contributed by atoms with Crippen molar-refractivity contribution >= 4 is 10.0 Å². The lowest BCUT2D eigenvalue weighted by Crippen LogP contribution is -2.41. The fourth-order valence-corrected chi connectivity index (χ4v) is 4.05. The van der Waals surface area contributed by atoms with Crippen LogP contribution in [0.3, 0.4) is 0 Å². The Morgan fingerprint density at radius 2 is 1.79 bits per heavy atom. The zero-order chi connectivity index (χ0) is 17.2. The topological polar surface area (TPSA) is 72.4 Å². The van der Waals surface area contributed by atoms with Crippen LogP contribution in [0.5, 0.6) is 5.88 Å². The maximum absolute atomic E-state index is 13.3. The number of hydrogen-bond acceptors (Lipinski definition) is 5. The fraction of sp³-hybridized carbons (Fsp3) is 0.333. The summed E-state index contributed by atoms with van der Waals surface area (Å²) < 4.78 is 58.4. The average Bonchev–Trinajstić information content (AvgIpc) is 2.55. The van der Waals surface area contributed by atoms with Gasteiger partial charge in [-0.05, 0) is 25.0 Å². The Morgan fingerprint density at radius 3 is 2.38 bits per heavy atom. The van der Waals surface area contributed by atoms with Crippen LogP contribution in [0.2, 0.25) is 0 Å². The maximum Gasteiger partial charge on any atom is 0.243 e. The van der Waals surface area contributed by atoms with Gasteiger partial charge in [-0.25, -0.2) is 27.2 Å². The molecule has 0 unspecified atom stereocenters. The molecule has 128 valence electrons. The van der Waals surface area contributed by atoms with Crippen LogP contribution in [0, 0.1) is 11.6 Å². The number of hydrogen-bond donors (Lipinski definition) is 0. The first-order chi connectivity index (χ1) is 11.4. The van der Waals surface area contributed by atoms with Crippen LogP contribution in [-0.2, 0) is 10.0 Å². The molecule has 1 aliphatic heterocycles. The smallest absolute Gasteiger partial charge is 0.243 e. The van der Waals surface area contributed by atoms with Crippen LogP contribution in [0.25, 0.3) is 0 Å². The Balaban J connectivity index is 1.67. The van der Waals surface area contributed by atoms with Gasteiger partial charge in [-0.2, -0.15) is 4.31 Å². The standard InChI is InChI=1S/C15H15F2N3O3S/c16-11-7-12(17)9-14(8-11)24(21,22)20-5-2-13(3-6-20)23-15-1-4-18-10-19-15/h1,4,7-10,13H,2-3,5-6H2. The summed E-state index contributed by atoms with van der Waals surface area (Å²) in [5.74, 6) is -1.41. The lowest BCUT2D eigenvalue weighted by atomic mass is 10.1. The fourth-order valence-electron chi connectivity index (χ4n) is 2.54. The molecule has 2 heterocycles. The predicted molar refractivity (Wildman–Crippen MR) is 80.8 cm³/mol. The number of piperidine rings is 1. The van der Waals surface area contributed by atoms with E-state index in [0.717, 1.165) is 12.1 Å². The molecule has 0 atom stereocenters. The van der Waals surface area contributed by atoms with E-state index in [1.807, 2.05) is 0 Å². The number of halogens is 2. The summed E-state index contributed by atoms with van der Waals surface area (Å²) in [6, 6.07) is 3.91. The normalized spacial score (nSPS) is 16.9. The largest absolute Gasteiger partial charge is 0.474 e. The van der Waals surface area contributed by atoms with Crippen molar-refractivity contribution in [2.24, 2.45) is 0 Å². The van der Waals surface area contributed by atoms with Crippen molar-refractivity contribution in [2.75, 3.05) is 13.1 Å². The van der Waals surface area contributed by atoms with Crippen LogP contribution in [0.15, 0.2) is 41.7 Å². The van der Waals surface area contributed by atoms with Gasteiger partial charge in [0.1, 0.15) is 24.1 Å². The van der Waals surface area contributed by atoms with Crippen molar-refractivity contribution in [2.45, 2.75) is 23.8 Å². The minimum Gasteiger partial charge on any atom is -0.474 e. The van der Waals surface area contributed by atoms with E-state index in [-0.39, 0.29) is 24.1 Å². The molecule has 0 bridgehead atoms. The molecule has 1 saturated heterocycles. The van der Waals surface area contributed by atoms with E-state index in [1.54, 1.807) is 12.3 Å². The summed E-state index contributed by atoms with van der Waals surface area (Å²) in [4.78, 5) is 7.37. The van der Waals surface area contributed by atoms with Crippen molar-refractivity contribution < 1.29 is 21.9 Å². The monoisotopic (exact) mass is 355 g/mol. The second-order valence-corrected chi connectivity index (χ2v) is 7.31. The van der Waals surface area contributed by atoms with Crippen LogP contribution < -0.4 is 4.74 Å². The quantitative estimate of drug-likeness (QED) is 0.839. The van der Waals surface area contributed by atoms with E-state index >= 15 is 0 Å². The highest BCUT2D eigenvalue weighted by Gasteiger charge is 2.31. The van der Waals surface area contributed by atoms with Gasteiger partial charge in [0, 0.05) is 31.4 Å². The third-order valence-electron chi connectivity index (χ3n) is 3.72. The molecule has 1 fully saturated rings. The second-order valence-electron chi connectivity index (χ2n) is 5.37. The second kappa shape index (κ2) is 6.78. The third kappa shape index (κ3) is 3.68. The van der Waals surface area contributed by atoms with Gasteiger partial charge in [0.25, 0.3) is 0 Å². The Bertz CT molecular complexity index is 790. The molecular weight excluding hydrogens is 340 g/mol. The van der Waals surface area contributed by atoms with Crippen LogP contribution >= 0.6 is 0 Å². The van der Waals surface area contributed by atoms with Gasteiger partial charge in [0.05, 0.1) is 4.90 Å². The highest BCUT2D eigenvalue weighted by molar-refractivity contribution is 7.89. The van der Waals surface area contributed by atoms with Crippen molar-refractivity contribution in [3.05, 3.63) is 48.4 Å². The van der Waals surface area contributed by atoms with Crippen LogP contribution in [-0.4, -0.2) is 41.9 Å². The number of sulfonamides is 1. The summed E-state index contributed by atoms with van der Waals surface area (Å²) >= 11 is 0. The highest BCUT2D eigenvalue weighted by Crippen LogP contribution is 2.24. The van der Waals surface area contributed by atoms with Crippen molar-refractivity contribution in [1.29, 1.82) is 0 Å². The molecule has 0 amide bonds. The van der Waals surface area contributed by atoms with Gasteiger partial charge in [-0.15, -0.1) is 0 Å². The molecular formula is C15H15F2N3O3S. The molecule has 2 aromatic rings. The maximum atomic E-state index is 13.3. The van der Waals surface area contributed by atoms with Crippen molar-refractivity contribution in [3.63, 3.8) is 0 Å². The third-order valence-corrected chi connectivity index (χ3v) is 5.59. The lowest BCUT2D eigenvalue weighted by molar-refractivity contribution is 0.129. The SMILES string of the molecule is O=S(=O)(c1cc(F)cc(F)c1)N1CCC(Oc2ccncn2)CC1. The number of ether oxygens (including phenoxy) is 1. The van der Waals surface area contributed by atoms with Gasteiger partial charge in [-0.3, -0.25) is 0 Å². The van der Waals surface area contributed by atoms with Gasteiger partial charge in [-0.1, -0.05) is 0 Å². The molecule has 0 radical (unpaired) electrons. The number of benzene rings is 1. The Hall–Kier alpha value is -2.13. The molecule has 0 saturated carbocycles. The van der Waals surface area contributed by atoms with E-state index in [9.17, 15) is 17.2 Å². The molecule has 0 aliphatic carbocycles. The molecule has 24 heavy (non-hydrogen) atoms. The molecule has 1 aromatic heterocycles. The predicted octanol–water partition coefficient (Wildman–Crippen LogP) is 1.99. The molecule has 1 aromatic carbocycles. The lowest BCUT2D eigenvalue weighted by Gasteiger charge is -2.31. The molecule has 9 heteroatoms. The average molecular weight is 355 g/mol. The molecule has 0 N–H and O–H groups in total. The summed E-state index contributed by atoms with van der Waals surface area (Å²) in [6.45, 7) is 0.409. The number of nitrogens with zero attached hydrogens (tertiary/aromatic N) is 3. The van der Waals surface area contributed by atoms with Crippen LogP contribution in [0.4, 0.5) is 8.78 Å². The molecule has 0 spiro atoms. The zero-order valence-corrected chi connectivity index (χ0v) is 13.4. The Labute approximate surface area is 138 Å². The summed E-state index contributed by atoms with van der Waals surface area (Å²) in [7, 11) is -3.93. The minimum absolute atomic E-state index is 0.171. The zero-order valence-electron chi connectivity index (χ0n) is 12.6. The number of aromatic nitrogens is 2. The van der Waals surface area contributed by atoms with Crippen molar-refractivity contribution in [1.82, 2.24) is 14.3 Å². The van der Waals surface area contributed by atoms with Crippen molar-refractivity contribution in [3.8, 4) is 5.88 Å². The van der Waals surface area contributed by atoms with Gasteiger partial charge >= 0.3 is 0 Å². The van der Waals surface area contributed by atoms with E-state index in [0.29, 0.717) is 24.8 Å². The molecule has 3 rings (SSSR count). The van der Waals surface area contributed by atoms with E-state index < -0.39 is 21.7 Å². The molecule has 1 aliphatic rings.